The van der Waals surface area contributed by atoms with Crippen molar-refractivity contribution in [2.75, 3.05) is 54.8 Å². The van der Waals surface area contributed by atoms with E-state index in [4.69, 9.17) is 42.2 Å². The molecule has 0 spiro atoms. The maximum atomic E-state index is 12.7. The van der Waals surface area contributed by atoms with Gasteiger partial charge in [0, 0.05) is 47.6 Å². The third-order valence-electron chi connectivity index (χ3n) is 8.86. The van der Waals surface area contributed by atoms with Crippen LogP contribution in [0.4, 0.5) is 0 Å². The highest BCUT2D eigenvalue weighted by Crippen LogP contribution is 2.35. The van der Waals surface area contributed by atoms with Crippen LogP contribution in [0.15, 0.2) is 82.0 Å². The summed E-state index contributed by atoms with van der Waals surface area (Å²) in [5.74, 6) is 0.466. The molecule has 0 aliphatic carbocycles. The second-order valence-corrected chi connectivity index (χ2v) is 12.6. The molecule has 0 atom stereocenters. The van der Waals surface area contributed by atoms with Gasteiger partial charge in [0.05, 0.1) is 60.2 Å². The highest BCUT2D eigenvalue weighted by Gasteiger charge is 2.28. The summed E-state index contributed by atoms with van der Waals surface area (Å²) in [5, 5.41) is 18.8. The van der Waals surface area contributed by atoms with Crippen molar-refractivity contribution < 1.29 is 61.7 Å². The Labute approximate surface area is 345 Å². The molecule has 0 saturated carbocycles. The molecular formula is C43H46N4O13. The summed E-state index contributed by atoms with van der Waals surface area (Å²) >= 11 is 0. The van der Waals surface area contributed by atoms with Crippen LogP contribution in [0, 0.1) is 0 Å². The monoisotopic (exact) mass is 826 g/mol. The van der Waals surface area contributed by atoms with E-state index >= 15 is 0 Å². The number of hydrogen-bond donors (Lipinski definition) is 1. The minimum Gasteiger partial charge on any atom is -0.502 e. The second-order valence-electron chi connectivity index (χ2n) is 12.6. The number of nitrogens with zero attached hydrogens (tertiary/aromatic N) is 4. The van der Waals surface area contributed by atoms with Gasteiger partial charge in [0.2, 0.25) is 11.3 Å². The number of pyridine rings is 1. The molecule has 3 heterocycles. The number of carbonyl (C=O) groups excluding carboxylic acids is 3. The highest BCUT2D eigenvalue weighted by molar-refractivity contribution is 6.00. The molecule has 0 fully saturated rings. The molecule has 6 rings (SSSR count). The summed E-state index contributed by atoms with van der Waals surface area (Å²) in [6, 6.07) is 19.9. The molecule has 17 heteroatoms. The molecule has 0 bridgehead atoms. The largest absolute Gasteiger partial charge is 0.502 e. The summed E-state index contributed by atoms with van der Waals surface area (Å²) in [5.41, 5.74) is 3.66. The van der Waals surface area contributed by atoms with E-state index in [1.807, 2.05) is 41.3 Å². The van der Waals surface area contributed by atoms with Crippen molar-refractivity contribution in [2.45, 2.75) is 33.9 Å². The number of carbonyl (C=O) groups is 3. The summed E-state index contributed by atoms with van der Waals surface area (Å²) in [4.78, 5) is 42.8. The lowest BCUT2D eigenvalue weighted by Gasteiger charge is -2.23. The van der Waals surface area contributed by atoms with E-state index in [9.17, 15) is 19.5 Å². The minimum absolute atomic E-state index is 0.0248. The van der Waals surface area contributed by atoms with Gasteiger partial charge < -0.3 is 47.3 Å². The van der Waals surface area contributed by atoms with Crippen LogP contribution in [0.3, 0.4) is 0 Å². The molecule has 3 aromatic heterocycles. The number of rotatable bonds is 17. The van der Waals surface area contributed by atoms with Crippen LogP contribution in [0.5, 0.6) is 28.7 Å². The smallest absolute Gasteiger partial charge is 0.377 e. The summed E-state index contributed by atoms with van der Waals surface area (Å²) in [7, 11) is 6.30. The Morgan fingerprint density at radius 1 is 0.667 bits per heavy atom. The molecule has 3 aromatic carbocycles. The molecule has 6 aromatic rings. The molecule has 17 nitrogen and oxygen atoms in total. The van der Waals surface area contributed by atoms with Gasteiger partial charge in [0.1, 0.15) is 34.4 Å². The zero-order valence-electron chi connectivity index (χ0n) is 34.3. The highest BCUT2D eigenvalue weighted by atomic mass is 16.6. The molecule has 0 saturated heterocycles. The van der Waals surface area contributed by atoms with Gasteiger partial charge in [-0.2, -0.15) is 0 Å². The number of aromatic nitrogens is 3. The zero-order valence-corrected chi connectivity index (χ0v) is 34.3. The van der Waals surface area contributed by atoms with E-state index in [0.29, 0.717) is 57.4 Å². The Morgan fingerprint density at radius 3 is 1.82 bits per heavy atom. The minimum atomic E-state index is -0.714. The lowest BCUT2D eigenvalue weighted by atomic mass is 10.0. The Kier molecular flexibility index (Phi) is 15.4. The lowest BCUT2D eigenvalue weighted by Crippen LogP contribution is -2.31. The predicted octanol–water partition coefficient (Wildman–Crippen LogP) is 6.89. The van der Waals surface area contributed by atoms with Crippen LogP contribution in [-0.4, -0.2) is 98.0 Å². The first-order valence-electron chi connectivity index (χ1n) is 18.8. The average molecular weight is 827 g/mol. The van der Waals surface area contributed by atoms with Gasteiger partial charge in [0.25, 0.3) is 0 Å². The van der Waals surface area contributed by atoms with Crippen molar-refractivity contribution in [1.82, 2.24) is 20.2 Å². The molecule has 0 radical (unpaired) electrons. The van der Waals surface area contributed by atoms with Crippen LogP contribution in [0.1, 0.15) is 52.9 Å². The van der Waals surface area contributed by atoms with Crippen LogP contribution in [-0.2, 0) is 32.1 Å². The third kappa shape index (κ3) is 10.5. The van der Waals surface area contributed by atoms with E-state index in [2.05, 4.69) is 15.3 Å². The normalized spacial score (nSPS) is 10.7. The molecular weight excluding hydrogens is 780 g/mol. The second kappa shape index (κ2) is 21.0. The molecule has 0 unspecified atom stereocenters. The fraction of sp³-hybridized carbons (Fsp3) is 0.302. The van der Waals surface area contributed by atoms with E-state index in [1.165, 1.54) is 6.20 Å². The van der Waals surface area contributed by atoms with Gasteiger partial charge in [-0.05, 0) is 75.4 Å². The Hall–Kier alpha value is -7.14. The van der Waals surface area contributed by atoms with Crippen LogP contribution < -0.4 is 18.9 Å². The summed E-state index contributed by atoms with van der Waals surface area (Å²) in [6.45, 7) is 6.14. The predicted molar refractivity (Wildman–Crippen MR) is 216 cm³/mol. The Morgan fingerprint density at radius 2 is 1.23 bits per heavy atom. The molecule has 0 amide bonds. The standard InChI is InChI=1S/C27H32N2O8.C16H14N2O5/c1-6-35-24(30)17-29(15-19-10-13-21(33-4)14-23(19)34-5)16-22-25(18-8-11-20(32-3)12-9-18)28-37-26(22)27(31)36-7-2;1-3-22-16(20)13-14(19)15-11(8-17-13)12(18-23-15)9-4-6-10(21-2)7-5-9/h8-14H,6-7,15-17H2,1-5H3;4-8,19H,3H2,1-2H3. The number of fused-ring (bicyclic) bond motifs is 1. The molecule has 1 N–H and O–H groups in total. The van der Waals surface area contributed by atoms with Gasteiger partial charge in [0.15, 0.2) is 11.4 Å². The van der Waals surface area contributed by atoms with Gasteiger partial charge >= 0.3 is 17.9 Å². The van der Waals surface area contributed by atoms with Crippen LogP contribution in [0.2, 0.25) is 0 Å². The molecule has 60 heavy (non-hydrogen) atoms. The van der Waals surface area contributed by atoms with E-state index in [0.717, 1.165) is 11.1 Å². The Balaban J connectivity index is 0.000000253. The topological polar surface area (TPSA) is 204 Å². The number of esters is 3. The number of benzene rings is 3. The first kappa shape index (κ1) is 44.0. The first-order chi connectivity index (χ1) is 29.1. The molecule has 0 aliphatic rings. The number of aromatic hydroxyl groups is 1. The SMILES string of the molecule is CCOC(=O)CN(Cc1ccc(OC)cc1OC)Cc1c(-c2ccc(OC)cc2)noc1C(=O)OCC.CCOC(=O)c1ncc2c(-c3ccc(OC)cc3)noc2c1O. The number of hydrogen-bond acceptors (Lipinski definition) is 17. The van der Waals surface area contributed by atoms with Crippen molar-refractivity contribution in [3.63, 3.8) is 0 Å². The van der Waals surface area contributed by atoms with Crippen molar-refractivity contribution in [2.24, 2.45) is 0 Å². The maximum Gasteiger partial charge on any atom is 0.377 e. The number of methoxy groups -OCH3 is 4. The summed E-state index contributed by atoms with van der Waals surface area (Å²) in [6.07, 6.45) is 1.43. The van der Waals surface area contributed by atoms with Gasteiger partial charge in [-0.15, -0.1) is 0 Å². The van der Waals surface area contributed by atoms with Gasteiger partial charge in [-0.1, -0.05) is 16.4 Å². The van der Waals surface area contributed by atoms with E-state index < -0.39 is 17.9 Å². The van der Waals surface area contributed by atoms with Crippen molar-refractivity contribution in [3.8, 4) is 51.3 Å². The van der Waals surface area contributed by atoms with Crippen molar-refractivity contribution in [3.05, 3.63) is 95.5 Å². The van der Waals surface area contributed by atoms with Crippen molar-refractivity contribution >= 4 is 28.9 Å². The first-order valence-corrected chi connectivity index (χ1v) is 18.8. The number of ether oxygens (including phenoxy) is 7. The summed E-state index contributed by atoms with van der Waals surface area (Å²) < 4.78 is 47.1. The van der Waals surface area contributed by atoms with Crippen molar-refractivity contribution in [1.29, 1.82) is 0 Å². The zero-order chi connectivity index (χ0) is 43.2. The van der Waals surface area contributed by atoms with Crippen LogP contribution >= 0.6 is 0 Å². The lowest BCUT2D eigenvalue weighted by molar-refractivity contribution is -0.144. The average Bonchev–Trinajstić information content (AvgIpc) is 3.90. The Bertz CT molecular complexity index is 2370. The quantitative estimate of drug-likeness (QED) is 0.0734. The third-order valence-corrected chi connectivity index (χ3v) is 8.86. The maximum absolute atomic E-state index is 12.7. The van der Waals surface area contributed by atoms with Crippen LogP contribution in [0.25, 0.3) is 33.5 Å². The van der Waals surface area contributed by atoms with Gasteiger partial charge in [-0.3, -0.25) is 9.69 Å². The molecule has 0 aliphatic heterocycles. The molecule has 316 valence electrons. The fourth-order valence-corrected chi connectivity index (χ4v) is 5.98. The van der Waals surface area contributed by atoms with E-state index in [-0.39, 0.29) is 55.7 Å². The van der Waals surface area contributed by atoms with E-state index in [1.54, 1.807) is 79.5 Å². The fourth-order valence-electron chi connectivity index (χ4n) is 5.98. The van der Waals surface area contributed by atoms with Gasteiger partial charge in [-0.25, -0.2) is 14.6 Å².